The SMILES string of the molecule is Cc1nc(Cl)nc(-c2nccn2C)c1[N+](=O)[O-]. The number of nitro groups is 1. The smallest absolute Gasteiger partial charge is 0.319 e. The van der Waals surface area contributed by atoms with Gasteiger partial charge in [-0.3, -0.25) is 10.1 Å². The lowest BCUT2D eigenvalue weighted by Gasteiger charge is -2.04. The van der Waals surface area contributed by atoms with Crippen molar-refractivity contribution >= 4 is 17.3 Å². The first-order valence-electron chi connectivity index (χ1n) is 4.67. The molecule has 17 heavy (non-hydrogen) atoms. The maximum atomic E-state index is 11.0. The summed E-state index contributed by atoms with van der Waals surface area (Å²) < 4.78 is 1.63. The molecule has 7 nitrogen and oxygen atoms in total. The molecule has 0 aromatic carbocycles. The minimum atomic E-state index is -0.532. The quantitative estimate of drug-likeness (QED) is 0.462. The Morgan fingerprint density at radius 1 is 1.47 bits per heavy atom. The average molecular weight is 254 g/mol. The number of aromatic nitrogens is 4. The van der Waals surface area contributed by atoms with Crippen LogP contribution in [0.3, 0.4) is 0 Å². The Kier molecular flexibility index (Phi) is 2.76. The summed E-state index contributed by atoms with van der Waals surface area (Å²) in [5, 5.41) is 11.0. The maximum absolute atomic E-state index is 11.0. The summed E-state index contributed by atoms with van der Waals surface area (Å²) in [6, 6.07) is 0. The van der Waals surface area contributed by atoms with E-state index in [2.05, 4.69) is 15.0 Å². The molecule has 0 spiro atoms. The van der Waals surface area contributed by atoms with Gasteiger partial charge in [0.15, 0.2) is 11.5 Å². The lowest BCUT2D eigenvalue weighted by Crippen LogP contribution is -2.04. The van der Waals surface area contributed by atoms with Crippen LogP contribution in [0.4, 0.5) is 5.69 Å². The number of aryl methyl sites for hydroxylation is 2. The van der Waals surface area contributed by atoms with Gasteiger partial charge < -0.3 is 4.57 Å². The van der Waals surface area contributed by atoms with Gasteiger partial charge in [-0.2, -0.15) is 0 Å². The van der Waals surface area contributed by atoms with Crippen molar-refractivity contribution < 1.29 is 4.92 Å². The van der Waals surface area contributed by atoms with E-state index in [-0.39, 0.29) is 22.4 Å². The zero-order valence-corrected chi connectivity index (χ0v) is 9.84. The zero-order valence-electron chi connectivity index (χ0n) is 9.09. The van der Waals surface area contributed by atoms with Gasteiger partial charge in [0.05, 0.1) is 4.92 Å². The van der Waals surface area contributed by atoms with Gasteiger partial charge in [-0.1, -0.05) is 0 Å². The largest absolute Gasteiger partial charge is 0.333 e. The summed E-state index contributed by atoms with van der Waals surface area (Å²) in [7, 11) is 1.72. The molecule has 0 fully saturated rings. The second-order valence-electron chi connectivity index (χ2n) is 3.39. The number of hydrogen-bond donors (Lipinski definition) is 0. The average Bonchev–Trinajstić information content (AvgIpc) is 2.62. The molecule has 0 amide bonds. The van der Waals surface area contributed by atoms with E-state index in [1.807, 2.05) is 0 Å². The van der Waals surface area contributed by atoms with Crippen LogP contribution in [-0.2, 0) is 7.05 Å². The van der Waals surface area contributed by atoms with Crippen molar-refractivity contribution in [1.29, 1.82) is 0 Å². The standard InChI is InChI=1S/C9H8ClN5O2/c1-5-7(15(16)17)6(13-9(10)12-5)8-11-3-4-14(8)2/h3-4H,1-2H3. The second-order valence-corrected chi connectivity index (χ2v) is 3.73. The van der Waals surface area contributed by atoms with Crippen LogP contribution in [0, 0.1) is 17.0 Å². The normalized spacial score (nSPS) is 10.5. The van der Waals surface area contributed by atoms with Crippen molar-refractivity contribution in [3.8, 4) is 11.5 Å². The van der Waals surface area contributed by atoms with Gasteiger partial charge in [-0.25, -0.2) is 15.0 Å². The summed E-state index contributed by atoms with van der Waals surface area (Å²) in [6.07, 6.45) is 3.20. The van der Waals surface area contributed by atoms with Crippen molar-refractivity contribution in [3.63, 3.8) is 0 Å². The minimum Gasteiger partial charge on any atom is -0.333 e. The predicted molar refractivity (Wildman–Crippen MR) is 60.6 cm³/mol. The first kappa shape index (κ1) is 11.5. The third kappa shape index (κ3) is 1.96. The van der Waals surface area contributed by atoms with Crippen molar-refractivity contribution in [2.45, 2.75) is 6.92 Å². The van der Waals surface area contributed by atoms with E-state index in [1.54, 1.807) is 17.8 Å². The van der Waals surface area contributed by atoms with Crippen molar-refractivity contribution in [1.82, 2.24) is 19.5 Å². The highest BCUT2D eigenvalue weighted by molar-refractivity contribution is 6.28. The number of rotatable bonds is 2. The fourth-order valence-corrected chi connectivity index (χ4v) is 1.71. The summed E-state index contributed by atoms with van der Waals surface area (Å²) >= 11 is 5.71. The highest BCUT2D eigenvalue weighted by Gasteiger charge is 2.25. The van der Waals surface area contributed by atoms with Crippen LogP contribution >= 0.6 is 11.6 Å². The fourth-order valence-electron chi connectivity index (χ4n) is 1.50. The zero-order chi connectivity index (χ0) is 12.6. The van der Waals surface area contributed by atoms with E-state index in [4.69, 9.17) is 11.6 Å². The van der Waals surface area contributed by atoms with Crippen LogP contribution in [0.15, 0.2) is 12.4 Å². The van der Waals surface area contributed by atoms with Gasteiger partial charge in [0, 0.05) is 19.4 Å². The molecule has 2 rings (SSSR count). The van der Waals surface area contributed by atoms with E-state index in [1.165, 1.54) is 13.1 Å². The number of halogens is 1. The molecular weight excluding hydrogens is 246 g/mol. The Morgan fingerprint density at radius 2 is 2.18 bits per heavy atom. The first-order valence-corrected chi connectivity index (χ1v) is 5.04. The lowest BCUT2D eigenvalue weighted by atomic mass is 10.2. The Balaban J connectivity index is 2.76. The Bertz CT molecular complexity index is 595. The molecule has 8 heteroatoms. The Labute approximate surface area is 101 Å². The van der Waals surface area contributed by atoms with Crippen LogP contribution in [0.5, 0.6) is 0 Å². The van der Waals surface area contributed by atoms with E-state index >= 15 is 0 Å². The molecular formula is C9H8ClN5O2. The van der Waals surface area contributed by atoms with Crippen molar-refractivity contribution in [2.75, 3.05) is 0 Å². The molecule has 0 saturated heterocycles. The van der Waals surface area contributed by atoms with Crippen LogP contribution in [-0.4, -0.2) is 24.4 Å². The minimum absolute atomic E-state index is 0.0360. The van der Waals surface area contributed by atoms with Crippen LogP contribution < -0.4 is 0 Å². The molecule has 2 aromatic rings. The third-order valence-corrected chi connectivity index (χ3v) is 2.42. The molecule has 0 atom stereocenters. The van der Waals surface area contributed by atoms with Crippen LogP contribution in [0.2, 0.25) is 5.28 Å². The summed E-state index contributed by atoms with van der Waals surface area (Å²) in [6.45, 7) is 1.51. The monoisotopic (exact) mass is 253 g/mol. The third-order valence-electron chi connectivity index (χ3n) is 2.25. The van der Waals surface area contributed by atoms with Gasteiger partial charge in [0.25, 0.3) is 0 Å². The Hall–Kier alpha value is -2.02. The van der Waals surface area contributed by atoms with Gasteiger partial charge >= 0.3 is 5.69 Å². The Morgan fingerprint density at radius 3 is 2.71 bits per heavy atom. The number of imidazole rings is 1. The van der Waals surface area contributed by atoms with Gasteiger partial charge in [0.2, 0.25) is 5.28 Å². The summed E-state index contributed by atoms with van der Waals surface area (Å²) in [4.78, 5) is 22.2. The topological polar surface area (TPSA) is 86.7 Å². The molecule has 88 valence electrons. The van der Waals surface area contributed by atoms with Crippen LogP contribution in [0.25, 0.3) is 11.5 Å². The summed E-state index contributed by atoms with van der Waals surface area (Å²) in [5.74, 6) is 0.379. The molecule has 0 saturated carbocycles. The first-order chi connectivity index (χ1) is 8.00. The predicted octanol–water partition coefficient (Wildman–Crippen LogP) is 1.75. The van der Waals surface area contributed by atoms with E-state index < -0.39 is 4.92 Å². The molecule has 0 aliphatic heterocycles. The molecule has 0 N–H and O–H groups in total. The van der Waals surface area contributed by atoms with Crippen molar-refractivity contribution in [2.24, 2.45) is 7.05 Å². The van der Waals surface area contributed by atoms with Gasteiger partial charge in [-0.05, 0) is 18.5 Å². The molecule has 0 radical (unpaired) electrons. The molecule has 0 bridgehead atoms. The highest BCUT2D eigenvalue weighted by atomic mass is 35.5. The van der Waals surface area contributed by atoms with Crippen LogP contribution in [0.1, 0.15) is 5.69 Å². The van der Waals surface area contributed by atoms with Crippen molar-refractivity contribution in [3.05, 3.63) is 33.5 Å². The number of hydrogen-bond acceptors (Lipinski definition) is 5. The molecule has 0 aliphatic carbocycles. The van der Waals surface area contributed by atoms with E-state index in [0.29, 0.717) is 5.82 Å². The second kappa shape index (κ2) is 4.10. The molecule has 0 unspecified atom stereocenters. The summed E-state index contributed by atoms with van der Waals surface area (Å²) in [5.41, 5.74) is 0.164. The molecule has 0 aliphatic rings. The highest BCUT2D eigenvalue weighted by Crippen LogP contribution is 2.29. The maximum Gasteiger partial charge on any atom is 0.319 e. The molecule has 2 aromatic heterocycles. The fraction of sp³-hybridized carbons (Fsp3) is 0.222. The van der Waals surface area contributed by atoms with Gasteiger partial charge in [-0.15, -0.1) is 0 Å². The number of nitrogens with zero attached hydrogens (tertiary/aromatic N) is 5. The molecule has 2 heterocycles. The van der Waals surface area contributed by atoms with Gasteiger partial charge in [0.1, 0.15) is 5.69 Å². The van der Waals surface area contributed by atoms with E-state index in [9.17, 15) is 10.1 Å². The lowest BCUT2D eigenvalue weighted by molar-refractivity contribution is -0.385. The van der Waals surface area contributed by atoms with E-state index in [0.717, 1.165) is 0 Å².